The van der Waals surface area contributed by atoms with Gasteiger partial charge in [0.15, 0.2) is 0 Å². The highest BCUT2D eigenvalue weighted by Crippen LogP contribution is 2.26. The SMILES string of the molecule is CNC(Cc1ncc(C)c(OC)c1C)C1CCCO1. The number of methoxy groups -OCH3 is 1. The number of likely N-dealkylation sites (N-methyl/N-ethyl adjacent to an activating group) is 1. The lowest BCUT2D eigenvalue weighted by atomic mass is 9.99. The van der Waals surface area contributed by atoms with E-state index in [1.807, 2.05) is 20.2 Å². The van der Waals surface area contributed by atoms with Gasteiger partial charge in [0.1, 0.15) is 5.75 Å². The molecule has 4 nitrogen and oxygen atoms in total. The van der Waals surface area contributed by atoms with Gasteiger partial charge in [-0.2, -0.15) is 0 Å². The quantitative estimate of drug-likeness (QED) is 0.883. The third-order valence-electron chi connectivity index (χ3n) is 3.95. The van der Waals surface area contributed by atoms with Crippen molar-refractivity contribution in [1.82, 2.24) is 10.3 Å². The normalized spacial score (nSPS) is 20.5. The lowest BCUT2D eigenvalue weighted by molar-refractivity contribution is 0.0805. The maximum atomic E-state index is 5.78. The molecule has 1 aromatic rings. The molecule has 2 heterocycles. The van der Waals surface area contributed by atoms with E-state index in [9.17, 15) is 0 Å². The number of rotatable bonds is 5. The van der Waals surface area contributed by atoms with Crippen molar-refractivity contribution in [2.24, 2.45) is 0 Å². The molecule has 0 aromatic carbocycles. The lowest BCUT2D eigenvalue weighted by Crippen LogP contribution is -2.39. The molecule has 1 fully saturated rings. The Morgan fingerprint density at radius 1 is 1.53 bits per heavy atom. The molecule has 1 aliphatic heterocycles. The molecule has 0 saturated carbocycles. The molecule has 0 bridgehead atoms. The molecule has 19 heavy (non-hydrogen) atoms. The molecular formula is C15H24N2O2. The second-order valence-electron chi connectivity index (χ2n) is 5.20. The average molecular weight is 264 g/mol. The van der Waals surface area contributed by atoms with Crippen LogP contribution in [0, 0.1) is 13.8 Å². The van der Waals surface area contributed by atoms with E-state index >= 15 is 0 Å². The molecule has 1 aromatic heterocycles. The molecule has 4 heteroatoms. The smallest absolute Gasteiger partial charge is 0.128 e. The molecule has 0 aliphatic carbocycles. The molecule has 0 amide bonds. The van der Waals surface area contributed by atoms with E-state index in [-0.39, 0.29) is 0 Å². The highest BCUT2D eigenvalue weighted by Gasteiger charge is 2.26. The van der Waals surface area contributed by atoms with Gasteiger partial charge in [-0.3, -0.25) is 4.98 Å². The van der Waals surface area contributed by atoms with E-state index < -0.39 is 0 Å². The Balaban J connectivity index is 2.17. The lowest BCUT2D eigenvalue weighted by Gasteiger charge is -2.23. The van der Waals surface area contributed by atoms with Crippen molar-refractivity contribution in [3.05, 3.63) is 23.0 Å². The number of ether oxygens (including phenoxy) is 2. The third kappa shape index (κ3) is 3.07. The van der Waals surface area contributed by atoms with Gasteiger partial charge in [0, 0.05) is 42.1 Å². The minimum atomic E-state index is 0.304. The number of hydrogen-bond acceptors (Lipinski definition) is 4. The molecule has 1 aliphatic rings. The first kappa shape index (κ1) is 14.3. The molecule has 106 valence electrons. The number of nitrogens with zero attached hydrogens (tertiary/aromatic N) is 1. The van der Waals surface area contributed by atoms with Gasteiger partial charge >= 0.3 is 0 Å². The Labute approximate surface area is 115 Å². The van der Waals surface area contributed by atoms with E-state index in [0.717, 1.165) is 48.4 Å². The van der Waals surface area contributed by atoms with E-state index in [2.05, 4.69) is 17.2 Å². The van der Waals surface area contributed by atoms with Crippen LogP contribution < -0.4 is 10.1 Å². The molecule has 1 saturated heterocycles. The van der Waals surface area contributed by atoms with E-state index in [0.29, 0.717) is 12.1 Å². The molecule has 2 atom stereocenters. The van der Waals surface area contributed by atoms with Crippen molar-refractivity contribution in [2.45, 2.75) is 45.3 Å². The number of hydrogen-bond donors (Lipinski definition) is 1. The number of aryl methyl sites for hydroxylation is 1. The van der Waals surface area contributed by atoms with Gasteiger partial charge in [0.25, 0.3) is 0 Å². The number of aromatic nitrogens is 1. The first-order valence-electron chi connectivity index (χ1n) is 6.95. The molecular weight excluding hydrogens is 240 g/mol. The third-order valence-corrected chi connectivity index (χ3v) is 3.95. The van der Waals surface area contributed by atoms with Crippen LogP contribution in [0.2, 0.25) is 0 Å². The van der Waals surface area contributed by atoms with Gasteiger partial charge in [0.05, 0.1) is 13.2 Å². The Bertz CT molecular complexity index is 428. The van der Waals surface area contributed by atoms with Crippen molar-refractivity contribution in [1.29, 1.82) is 0 Å². The molecule has 1 N–H and O–H groups in total. The van der Waals surface area contributed by atoms with Gasteiger partial charge in [-0.1, -0.05) is 0 Å². The maximum absolute atomic E-state index is 5.78. The van der Waals surface area contributed by atoms with Crippen molar-refractivity contribution >= 4 is 0 Å². The number of nitrogens with one attached hydrogen (secondary N) is 1. The Morgan fingerprint density at radius 2 is 2.32 bits per heavy atom. The highest BCUT2D eigenvalue weighted by atomic mass is 16.5. The summed E-state index contributed by atoms with van der Waals surface area (Å²) in [6.07, 6.45) is 5.37. The van der Waals surface area contributed by atoms with Crippen molar-refractivity contribution in [3.63, 3.8) is 0 Å². The summed E-state index contributed by atoms with van der Waals surface area (Å²) < 4.78 is 11.2. The molecule has 2 rings (SSSR count). The fraction of sp³-hybridized carbons (Fsp3) is 0.667. The zero-order valence-corrected chi connectivity index (χ0v) is 12.3. The van der Waals surface area contributed by atoms with Crippen LogP contribution in [-0.4, -0.2) is 37.9 Å². The molecule has 0 radical (unpaired) electrons. The van der Waals surface area contributed by atoms with Gasteiger partial charge in [0.2, 0.25) is 0 Å². The summed E-state index contributed by atoms with van der Waals surface area (Å²) in [5, 5.41) is 3.37. The second kappa shape index (κ2) is 6.35. The summed E-state index contributed by atoms with van der Waals surface area (Å²) in [4.78, 5) is 4.57. The maximum Gasteiger partial charge on any atom is 0.128 e. The molecule has 2 unspecified atom stereocenters. The van der Waals surface area contributed by atoms with Crippen molar-refractivity contribution in [3.8, 4) is 5.75 Å². The van der Waals surface area contributed by atoms with Crippen LogP contribution in [-0.2, 0) is 11.2 Å². The summed E-state index contributed by atoms with van der Waals surface area (Å²) in [5.41, 5.74) is 3.32. The van der Waals surface area contributed by atoms with E-state index in [1.165, 1.54) is 0 Å². The van der Waals surface area contributed by atoms with Gasteiger partial charge in [-0.25, -0.2) is 0 Å². The zero-order chi connectivity index (χ0) is 13.8. The highest BCUT2D eigenvalue weighted by molar-refractivity contribution is 5.41. The zero-order valence-electron chi connectivity index (χ0n) is 12.3. The standard InChI is InChI=1S/C15H24N2O2/c1-10-9-17-12(11(2)15(10)18-4)8-13(16-3)14-6-5-7-19-14/h9,13-14,16H,5-8H2,1-4H3. The van der Waals surface area contributed by atoms with Crippen LogP contribution in [0.25, 0.3) is 0 Å². The van der Waals surface area contributed by atoms with E-state index in [1.54, 1.807) is 7.11 Å². The van der Waals surface area contributed by atoms with Crippen LogP contribution in [0.5, 0.6) is 5.75 Å². The number of pyridine rings is 1. The summed E-state index contributed by atoms with van der Waals surface area (Å²) in [6.45, 7) is 4.99. The summed E-state index contributed by atoms with van der Waals surface area (Å²) in [6, 6.07) is 0.320. The summed E-state index contributed by atoms with van der Waals surface area (Å²) in [5.74, 6) is 0.951. The summed E-state index contributed by atoms with van der Waals surface area (Å²) in [7, 11) is 3.71. The average Bonchev–Trinajstić information content (AvgIpc) is 2.92. The van der Waals surface area contributed by atoms with Crippen LogP contribution in [0.15, 0.2) is 6.20 Å². The van der Waals surface area contributed by atoms with Gasteiger partial charge < -0.3 is 14.8 Å². The fourth-order valence-electron chi connectivity index (χ4n) is 2.82. The predicted molar refractivity (Wildman–Crippen MR) is 75.8 cm³/mol. The first-order valence-corrected chi connectivity index (χ1v) is 6.95. The summed E-state index contributed by atoms with van der Waals surface area (Å²) >= 11 is 0. The largest absolute Gasteiger partial charge is 0.496 e. The van der Waals surface area contributed by atoms with Gasteiger partial charge in [-0.05, 0) is 33.7 Å². The predicted octanol–water partition coefficient (Wildman–Crippen LogP) is 2.02. The minimum Gasteiger partial charge on any atom is -0.496 e. The Morgan fingerprint density at radius 3 is 2.89 bits per heavy atom. The van der Waals surface area contributed by atoms with Crippen molar-refractivity contribution < 1.29 is 9.47 Å². The van der Waals surface area contributed by atoms with Crippen LogP contribution in [0.1, 0.15) is 29.7 Å². The fourth-order valence-corrected chi connectivity index (χ4v) is 2.82. The topological polar surface area (TPSA) is 43.4 Å². The van der Waals surface area contributed by atoms with E-state index in [4.69, 9.17) is 9.47 Å². The Hall–Kier alpha value is -1.13. The molecule has 0 spiro atoms. The van der Waals surface area contributed by atoms with Crippen LogP contribution in [0.4, 0.5) is 0 Å². The first-order chi connectivity index (χ1) is 9.17. The van der Waals surface area contributed by atoms with Gasteiger partial charge in [-0.15, -0.1) is 0 Å². The van der Waals surface area contributed by atoms with Crippen molar-refractivity contribution in [2.75, 3.05) is 20.8 Å². The minimum absolute atomic E-state index is 0.304. The Kier molecular flexibility index (Phi) is 4.77. The van der Waals surface area contributed by atoms with Crippen LogP contribution in [0.3, 0.4) is 0 Å². The monoisotopic (exact) mass is 264 g/mol. The van der Waals surface area contributed by atoms with Crippen LogP contribution >= 0.6 is 0 Å². The second-order valence-corrected chi connectivity index (χ2v) is 5.20.